The number of Topliss-reactive ketones (excluding diaryl/α,β-unsaturated/α-hetero) is 1. The van der Waals surface area contributed by atoms with Crippen LogP contribution in [0.15, 0.2) is 46.0 Å². The highest BCUT2D eigenvalue weighted by atomic mass is 16.3. The molecule has 0 aliphatic heterocycles. The van der Waals surface area contributed by atoms with Crippen molar-refractivity contribution in [3.8, 4) is 6.07 Å². The van der Waals surface area contributed by atoms with Gasteiger partial charge >= 0.3 is 0 Å². The zero-order valence-electron chi connectivity index (χ0n) is 9.51. The van der Waals surface area contributed by atoms with E-state index < -0.39 is 0 Å². The van der Waals surface area contributed by atoms with Crippen LogP contribution in [0.25, 0.3) is 0 Å². The predicted octanol–water partition coefficient (Wildman–Crippen LogP) is 3.02. The summed E-state index contributed by atoms with van der Waals surface area (Å²) in [4.78, 5) is 11.1. The van der Waals surface area contributed by atoms with Gasteiger partial charge in [-0.15, -0.1) is 10.2 Å². The summed E-state index contributed by atoms with van der Waals surface area (Å²) in [6.45, 7) is 2.64. The molecule has 1 rings (SSSR count). The van der Waals surface area contributed by atoms with Crippen molar-refractivity contribution < 1.29 is 9.90 Å². The van der Waals surface area contributed by atoms with Crippen LogP contribution in [0.4, 0.5) is 5.69 Å². The molecule has 1 N–H and O–H groups in total. The molecule has 0 fully saturated rings. The molecule has 0 aliphatic carbocycles. The lowest BCUT2D eigenvalue weighted by molar-refractivity contribution is -0.113. The zero-order chi connectivity index (χ0) is 12.8. The first-order valence-corrected chi connectivity index (χ1v) is 4.88. The molecular weight excluding hydrogens is 218 g/mol. The van der Waals surface area contributed by atoms with Crippen LogP contribution in [-0.4, -0.2) is 10.9 Å². The molecule has 0 amide bonds. The van der Waals surface area contributed by atoms with E-state index in [1.807, 2.05) is 6.07 Å². The molecule has 0 saturated heterocycles. The Morgan fingerprint density at radius 2 is 2.00 bits per heavy atom. The third-order valence-electron chi connectivity index (χ3n) is 1.96. The quantitative estimate of drug-likeness (QED) is 0.491. The first-order valence-electron chi connectivity index (χ1n) is 4.88. The van der Waals surface area contributed by atoms with Gasteiger partial charge in [0.2, 0.25) is 0 Å². The summed E-state index contributed by atoms with van der Waals surface area (Å²) < 4.78 is 0. The minimum absolute atomic E-state index is 0.113. The minimum atomic E-state index is -0.386. The molecule has 17 heavy (non-hydrogen) atoms. The van der Waals surface area contributed by atoms with Crippen molar-refractivity contribution in [1.29, 1.82) is 5.26 Å². The number of allylic oxidation sites excluding steroid dienone is 2. The van der Waals surface area contributed by atoms with Crippen LogP contribution in [0.2, 0.25) is 0 Å². The molecule has 5 nitrogen and oxygen atoms in total. The number of carbonyl (C=O) groups excluding carboxylic acids is 1. The van der Waals surface area contributed by atoms with Gasteiger partial charge in [0.15, 0.2) is 11.5 Å². The molecule has 5 heteroatoms. The third-order valence-corrected chi connectivity index (χ3v) is 1.96. The highest BCUT2D eigenvalue weighted by Gasteiger charge is 2.07. The lowest BCUT2D eigenvalue weighted by atomic mass is 10.2. The van der Waals surface area contributed by atoms with E-state index in [-0.39, 0.29) is 17.2 Å². The van der Waals surface area contributed by atoms with Crippen molar-refractivity contribution in [1.82, 2.24) is 0 Å². The van der Waals surface area contributed by atoms with Gasteiger partial charge in [0.1, 0.15) is 17.5 Å². The number of aliphatic hydroxyl groups excluding tert-OH is 1. The largest absolute Gasteiger partial charge is 0.510 e. The number of carbonyl (C=O) groups is 1. The van der Waals surface area contributed by atoms with E-state index in [1.165, 1.54) is 13.8 Å². The number of nitriles is 1. The normalized spacial score (nSPS) is 12.1. The number of aliphatic hydroxyl groups is 1. The maximum Gasteiger partial charge on any atom is 0.183 e. The molecule has 0 heterocycles. The molecular formula is C12H11N3O2. The van der Waals surface area contributed by atoms with Crippen molar-refractivity contribution in [2.24, 2.45) is 10.2 Å². The van der Waals surface area contributed by atoms with Crippen LogP contribution in [0.3, 0.4) is 0 Å². The van der Waals surface area contributed by atoms with Crippen LogP contribution in [-0.2, 0) is 4.79 Å². The number of benzene rings is 1. The number of hydrogen-bond acceptors (Lipinski definition) is 5. The lowest BCUT2D eigenvalue weighted by Crippen LogP contribution is -1.96. The average molecular weight is 229 g/mol. The number of hydrogen-bond donors (Lipinski definition) is 1. The van der Waals surface area contributed by atoms with Crippen molar-refractivity contribution in [2.75, 3.05) is 0 Å². The summed E-state index contributed by atoms with van der Waals surface area (Å²) in [5.74, 6) is -0.584. The summed E-state index contributed by atoms with van der Waals surface area (Å²) in [7, 11) is 0. The fraction of sp³-hybridized carbons (Fsp3) is 0.167. The van der Waals surface area contributed by atoms with E-state index in [1.54, 1.807) is 24.3 Å². The van der Waals surface area contributed by atoms with Crippen molar-refractivity contribution >= 4 is 11.5 Å². The third kappa shape index (κ3) is 3.24. The van der Waals surface area contributed by atoms with Gasteiger partial charge in [0, 0.05) is 6.92 Å². The summed E-state index contributed by atoms with van der Waals surface area (Å²) in [6, 6.07) is 8.57. The second-order valence-corrected chi connectivity index (χ2v) is 3.32. The molecule has 0 spiro atoms. The van der Waals surface area contributed by atoms with Crippen LogP contribution in [0.1, 0.15) is 19.4 Å². The van der Waals surface area contributed by atoms with Crippen molar-refractivity contribution in [2.45, 2.75) is 13.8 Å². The Labute approximate surface area is 98.7 Å². The molecule has 0 atom stereocenters. The molecule has 86 valence electrons. The second kappa shape index (κ2) is 5.56. The number of nitrogens with zero attached hydrogens (tertiary/aromatic N) is 3. The van der Waals surface area contributed by atoms with Gasteiger partial charge in [0.25, 0.3) is 0 Å². The second-order valence-electron chi connectivity index (χ2n) is 3.32. The van der Waals surface area contributed by atoms with E-state index >= 15 is 0 Å². The Morgan fingerprint density at radius 3 is 2.53 bits per heavy atom. The van der Waals surface area contributed by atoms with E-state index in [4.69, 9.17) is 5.26 Å². The predicted molar refractivity (Wildman–Crippen MR) is 61.7 cm³/mol. The Balaban J connectivity index is 3.11. The summed E-state index contributed by atoms with van der Waals surface area (Å²) >= 11 is 0. The van der Waals surface area contributed by atoms with Gasteiger partial charge in [-0.2, -0.15) is 5.26 Å². The van der Waals surface area contributed by atoms with Gasteiger partial charge in [-0.25, -0.2) is 0 Å². The zero-order valence-corrected chi connectivity index (χ0v) is 9.51. The summed E-state index contributed by atoms with van der Waals surface area (Å²) in [6.07, 6.45) is 0. The standard InChI is InChI=1S/C12H11N3O2/c1-8(16)12(9(2)17)15-14-11-6-4-3-5-10(11)7-13/h3-6,16H,1-2H3. The smallest absolute Gasteiger partial charge is 0.183 e. The van der Waals surface area contributed by atoms with Gasteiger partial charge in [-0.05, 0) is 19.1 Å². The van der Waals surface area contributed by atoms with Crippen molar-refractivity contribution in [3.63, 3.8) is 0 Å². The minimum Gasteiger partial charge on any atom is -0.510 e. The van der Waals surface area contributed by atoms with Crippen LogP contribution >= 0.6 is 0 Å². The van der Waals surface area contributed by atoms with Crippen molar-refractivity contribution in [3.05, 3.63) is 41.3 Å². The average Bonchev–Trinajstić information content (AvgIpc) is 2.29. The Bertz CT molecular complexity index is 535. The van der Waals surface area contributed by atoms with E-state index in [0.29, 0.717) is 11.3 Å². The van der Waals surface area contributed by atoms with E-state index in [0.717, 1.165) is 0 Å². The molecule has 1 aromatic rings. The number of azo groups is 1. The maximum atomic E-state index is 11.1. The summed E-state index contributed by atoms with van der Waals surface area (Å²) in [5, 5.41) is 25.5. The summed E-state index contributed by atoms with van der Waals surface area (Å²) in [5.41, 5.74) is 0.600. The molecule has 0 aliphatic rings. The fourth-order valence-corrected chi connectivity index (χ4v) is 1.16. The molecule has 0 bridgehead atoms. The Morgan fingerprint density at radius 1 is 1.35 bits per heavy atom. The molecule has 0 unspecified atom stereocenters. The highest BCUT2D eigenvalue weighted by Crippen LogP contribution is 2.19. The molecule has 1 aromatic carbocycles. The van der Waals surface area contributed by atoms with Gasteiger partial charge < -0.3 is 5.11 Å². The lowest BCUT2D eigenvalue weighted by Gasteiger charge is -1.98. The number of ketones is 1. The SMILES string of the molecule is CC(=O)C(N=Nc1ccccc1C#N)=C(C)O. The molecule has 0 aromatic heterocycles. The van der Waals surface area contributed by atoms with Crippen LogP contribution < -0.4 is 0 Å². The first kappa shape index (κ1) is 12.6. The topological polar surface area (TPSA) is 85.8 Å². The molecule has 0 radical (unpaired) electrons. The van der Waals surface area contributed by atoms with Crippen LogP contribution in [0.5, 0.6) is 0 Å². The van der Waals surface area contributed by atoms with Gasteiger partial charge in [-0.3, -0.25) is 4.79 Å². The Hall–Kier alpha value is -2.48. The van der Waals surface area contributed by atoms with E-state index in [9.17, 15) is 9.90 Å². The fourth-order valence-electron chi connectivity index (χ4n) is 1.16. The van der Waals surface area contributed by atoms with Gasteiger partial charge in [0.05, 0.1) is 5.56 Å². The highest BCUT2D eigenvalue weighted by molar-refractivity contribution is 5.93. The number of rotatable bonds is 3. The first-order chi connectivity index (χ1) is 8.06. The molecule has 0 saturated carbocycles. The van der Waals surface area contributed by atoms with Gasteiger partial charge in [-0.1, -0.05) is 12.1 Å². The Kier molecular flexibility index (Phi) is 4.12. The maximum absolute atomic E-state index is 11.1. The van der Waals surface area contributed by atoms with Crippen LogP contribution in [0, 0.1) is 11.3 Å². The van der Waals surface area contributed by atoms with E-state index in [2.05, 4.69) is 10.2 Å². The monoisotopic (exact) mass is 229 g/mol.